The van der Waals surface area contributed by atoms with Crippen LogP contribution < -0.4 is 0 Å². The van der Waals surface area contributed by atoms with E-state index in [-0.39, 0.29) is 0 Å². The Bertz CT molecular complexity index is 143. The lowest BCUT2D eigenvalue weighted by molar-refractivity contribution is 0.0953. The number of hydrogen-bond acceptors (Lipinski definition) is 2. The molecule has 0 heterocycles. The van der Waals surface area contributed by atoms with Crippen molar-refractivity contribution in [3.8, 4) is 0 Å². The van der Waals surface area contributed by atoms with Crippen molar-refractivity contribution in [2.75, 3.05) is 25.2 Å². The second kappa shape index (κ2) is 9.82. The van der Waals surface area contributed by atoms with Crippen molar-refractivity contribution in [3.05, 3.63) is 0 Å². The van der Waals surface area contributed by atoms with Crippen LogP contribution in [-0.2, 0) is 9.16 Å². The van der Waals surface area contributed by atoms with Gasteiger partial charge in [-0.3, -0.25) is 0 Å². The molecule has 0 atom stereocenters. The Morgan fingerprint density at radius 3 is 2.40 bits per heavy atom. The first-order valence-corrected chi connectivity index (χ1v) is 10.1. The van der Waals surface area contributed by atoms with Crippen LogP contribution in [0.2, 0.25) is 19.1 Å². The Balaban J connectivity index is 3.32. The number of ether oxygens (including phenoxy) is 1. The number of rotatable bonds is 10. The molecule has 92 valence electrons. The first-order valence-electron chi connectivity index (χ1n) is 5.90. The molecule has 0 rings (SSSR count). The molecule has 0 aromatic rings. The van der Waals surface area contributed by atoms with Gasteiger partial charge >= 0.3 is 0 Å². The maximum Gasteiger partial charge on any atom is 0.186 e. The van der Waals surface area contributed by atoms with Gasteiger partial charge in [0.1, 0.15) is 0 Å². The largest absolute Gasteiger partial charge is 0.415 e. The Hall–Kier alpha value is 0.617. The summed E-state index contributed by atoms with van der Waals surface area (Å²) in [6.45, 7) is 9.14. The van der Waals surface area contributed by atoms with Crippen LogP contribution in [0.3, 0.4) is 0 Å². The summed E-state index contributed by atoms with van der Waals surface area (Å²) in [5.74, 6) is 0. The first kappa shape index (κ1) is 15.6. The summed E-state index contributed by atoms with van der Waals surface area (Å²) in [4.78, 5) is 0. The third-order valence-electron chi connectivity index (χ3n) is 2.28. The second-order valence-corrected chi connectivity index (χ2v) is 9.47. The highest BCUT2D eigenvalue weighted by atomic mass is 79.9. The van der Waals surface area contributed by atoms with Gasteiger partial charge in [0.2, 0.25) is 0 Å². The minimum absolute atomic E-state index is 0.755. The maximum absolute atomic E-state index is 5.90. The number of unbranched alkanes of at least 4 members (excludes halogenated alkanes) is 1. The fourth-order valence-electron chi connectivity index (χ4n) is 1.29. The van der Waals surface area contributed by atoms with Gasteiger partial charge in [0.05, 0.1) is 13.2 Å². The summed E-state index contributed by atoms with van der Waals surface area (Å²) in [5.41, 5.74) is 0. The highest BCUT2D eigenvalue weighted by molar-refractivity contribution is 9.09. The van der Waals surface area contributed by atoms with Crippen molar-refractivity contribution in [3.63, 3.8) is 0 Å². The smallest absolute Gasteiger partial charge is 0.186 e. The average Bonchev–Trinajstić information content (AvgIpc) is 2.20. The lowest BCUT2D eigenvalue weighted by Gasteiger charge is -2.22. The summed E-state index contributed by atoms with van der Waals surface area (Å²) in [6, 6.07) is 1.23. The van der Waals surface area contributed by atoms with Crippen molar-refractivity contribution < 1.29 is 9.16 Å². The van der Waals surface area contributed by atoms with E-state index in [0.717, 1.165) is 31.6 Å². The molecule has 0 spiro atoms. The van der Waals surface area contributed by atoms with Gasteiger partial charge in [0, 0.05) is 11.9 Å². The SMILES string of the molecule is CCCCOCCO[Si](C)(C)CCCBr. The predicted octanol–water partition coefficient (Wildman–Crippen LogP) is 3.81. The van der Waals surface area contributed by atoms with Gasteiger partial charge in [0.15, 0.2) is 8.32 Å². The van der Waals surface area contributed by atoms with E-state index < -0.39 is 8.32 Å². The van der Waals surface area contributed by atoms with E-state index >= 15 is 0 Å². The molecule has 15 heavy (non-hydrogen) atoms. The van der Waals surface area contributed by atoms with Crippen LogP contribution in [-0.4, -0.2) is 33.5 Å². The van der Waals surface area contributed by atoms with Crippen LogP contribution in [0.25, 0.3) is 0 Å². The van der Waals surface area contributed by atoms with E-state index in [4.69, 9.17) is 9.16 Å². The monoisotopic (exact) mass is 296 g/mol. The first-order chi connectivity index (χ1) is 7.12. The molecule has 0 aromatic heterocycles. The van der Waals surface area contributed by atoms with Gasteiger partial charge in [-0.05, 0) is 32.0 Å². The molecule has 0 N–H and O–H groups in total. The van der Waals surface area contributed by atoms with Gasteiger partial charge < -0.3 is 9.16 Å². The highest BCUT2D eigenvalue weighted by Gasteiger charge is 2.20. The zero-order valence-corrected chi connectivity index (χ0v) is 12.9. The van der Waals surface area contributed by atoms with Crippen molar-refractivity contribution in [1.82, 2.24) is 0 Å². The van der Waals surface area contributed by atoms with Gasteiger partial charge in [-0.25, -0.2) is 0 Å². The minimum Gasteiger partial charge on any atom is -0.415 e. The highest BCUT2D eigenvalue weighted by Crippen LogP contribution is 2.14. The fraction of sp³-hybridized carbons (Fsp3) is 1.00. The maximum atomic E-state index is 5.90. The summed E-state index contributed by atoms with van der Waals surface area (Å²) < 4.78 is 11.4. The van der Waals surface area contributed by atoms with Crippen LogP contribution in [0.1, 0.15) is 26.2 Å². The molecule has 2 nitrogen and oxygen atoms in total. The molecular formula is C11H25BrO2Si. The lowest BCUT2D eigenvalue weighted by atomic mass is 10.4. The topological polar surface area (TPSA) is 18.5 Å². The van der Waals surface area contributed by atoms with Crippen LogP contribution >= 0.6 is 15.9 Å². The summed E-state index contributed by atoms with van der Waals surface area (Å²) in [7, 11) is -1.40. The predicted molar refractivity (Wildman–Crippen MR) is 72.4 cm³/mol. The van der Waals surface area contributed by atoms with E-state index in [1.807, 2.05) is 0 Å². The zero-order valence-electron chi connectivity index (χ0n) is 10.4. The van der Waals surface area contributed by atoms with Crippen molar-refractivity contribution in [1.29, 1.82) is 0 Å². The van der Waals surface area contributed by atoms with Crippen molar-refractivity contribution >= 4 is 24.2 Å². The van der Waals surface area contributed by atoms with E-state index in [1.165, 1.54) is 18.9 Å². The molecule has 0 fully saturated rings. The average molecular weight is 297 g/mol. The van der Waals surface area contributed by atoms with Crippen LogP contribution in [0, 0.1) is 0 Å². The quantitative estimate of drug-likeness (QED) is 0.347. The molecule has 4 heteroatoms. The lowest BCUT2D eigenvalue weighted by Crippen LogP contribution is -2.31. The van der Waals surface area contributed by atoms with Gasteiger partial charge in [-0.1, -0.05) is 29.3 Å². The molecule has 0 saturated heterocycles. The van der Waals surface area contributed by atoms with Crippen LogP contribution in [0.5, 0.6) is 0 Å². The van der Waals surface area contributed by atoms with Gasteiger partial charge in [0.25, 0.3) is 0 Å². The standard InChI is InChI=1S/C11H25BrO2Si/c1-4-5-8-13-9-10-14-15(2,3)11-6-7-12/h4-11H2,1-3H3. The molecule has 0 aliphatic rings. The normalized spacial score (nSPS) is 12.0. The molecular weight excluding hydrogens is 272 g/mol. The molecule has 0 bridgehead atoms. The second-order valence-electron chi connectivity index (χ2n) is 4.37. The number of alkyl halides is 1. The van der Waals surface area contributed by atoms with Crippen molar-refractivity contribution in [2.24, 2.45) is 0 Å². The molecule has 0 aliphatic heterocycles. The van der Waals surface area contributed by atoms with E-state index in [9.17, 15) is 0 Å². The Kier molecular flexibility index (Phi) is 10.2. The Morgan fingerprint density at radius 2 is 1.80 bits per heavy atom. The molecule has 0 aromatic carbocycles. The summed E-state index contributed by atoms with van der Waals surface area (Å²) in [6.07, 6.45) is 3.58. The molecule has 0 saturated carbocycles. The van der Waals surface area contributed by atoms with E-state index in [0.29, 0.717) is 0 Å². The van der Waals surface area contributed by atoms with E-state index in [2.05, 4.69) is 35.9 Å². The van der Waals surface area contributed by atoms with Crippen LogP contribution in [0.4, 0.5) is 0 Å². The summed E-state index contributed by atoms with van der Waals surface area (Å²) >= 11 is 3.45. The third-order valence-corrected chi connectivity index (χ3v) is 5.38. The van der Waals surface area contributed by atoms with Crippen molar-refractivity contribution in [2.45, 2.75) is 45.3 Å². The van der Waals surface area contributed by atoms with E-state index in [1.54, 1.807) is 0 Å². The summed E-state index contributed by atoms with van der Waals surface area (Å²) in [5, 5.41) is 1.08. The number of halogens is 1. The third kappa shape index (κ3) is 10.9. The fourth-order valence-corrected chi connectivity index (χ4v) is 3.90. The van der Waals surface area contributed by atoms with Gasteiger partial charge in [-0.2, -0.15) is 0 Å². The van der Waals surface area contributed by atoms with Gasteiger partial charge in [-0.15, -0.1) is 0 Å². The zero-order chi connectivity index (χ0) is 11.6. The van der Waals surface area contributed by atoms with Crippen LogP contribution in [0.15, 0.2) is 0 Å². The molecule has 0 radical (unpaired) electrons. The minimum atomic E-state index is -1.40. The Labute approximate surface area is 104 Å². The Morgan fingerprint density at radius 1 is 1.07 bits per heavy atom. The molecule has 0 aliphatic carbocycles. The molecule has 0 unspecified atom stereocenters. The molecule has 0 amide bonds. The number of hydrogen-bond donors (Lipinski definition) is 0.